The van der Waals surface area contributed by atoms with Crippen molar-refractivity contribution in [3.8, 4) is 5.75 Å². The highest BCUT2D eigenvalue weighted by molar-refractivity contribution is 6.30. The normalized spacial score (nSPS) is 15.6. The molecule has 3 rings (SSSR count). The van der Waals surface area contributed by atoms with E-state index in [2.05, 4.69) is 0 Å². The lowest BCUT2D eigenvalue weighted by molar-refractivity contribution is -0.138. The number of nitrogens with zero attached hydrogens (tertiary/aromatic N) is 2. The van der Waals surface area contributed by atoms with Crippen molar-refractivity contribution in [1.82, 2.24) is 9.80 Å². The summed E-state index contributed by atoms with van der Waals surface area (Å²) in [6.07, 6.45) is 0.567. The second-order valence-corrected chi connectivity index (χ2v) is 7.37. The first-order valence-electron chi connectivity index (χ1n) is 9.55. The summed E-state index contributed by atoms with van der Waals surface area (Å²) in [6.45, 7) is 4.11. The molecule has 1 heterocycles. The molecule has 1 saturated heterocycles. The molecule has 1 fully saturated rings. The molecule has 0 saturated carbocycles. The van der Waals surface area contributed by atoms with E-state index in [0.29, 0.717) is 43.4 Å². The van der Waals surface area contributed by atoms with Crippen LogP contribution in [0.2, 0.25) is 5.02 Å². The van der Waals surface area contributed by atoms with E-state index in [-0.39, 0.29) is 11.8 Å². The fourth-order valence-electron chi connectivity index (χ4n) is 3.29. The summed E-state index contributed by atoms with van der Waals surface area (Å²) in [6, 6.07) is 16.7. The average Bonchev–Trinajstić information content (AvgIpc) is 2.96. The van der Waals surface area contributed by atoms with Crippen molar-refractivity contribution >= 4 is 23.4 Å². The minimum absolute atomic E-state index is 0.0627. The van der Waals surface area contributed by atoms with Gasteiger partial charge in [-0.2, -0.15) is 0 Å². The molecule has 148 valence electrons. The number of carbonyl (C=O) groups is 2. The zero-order chi connectivity index (χ0) is 19.9. The maximum atomic E-state index is 12.8. The topological polar surface area (TPSA) is 49.9 Å². The zero-order valence-corrected chi connectivity index (χ0v) is 16.8. The molecular weight excluding hydrogens is 376 g/mol. The standard InChI is InChI=1S/C22H25ClN2O3/c1-17(28-20-10-8-19(23)9-11-20)22(27)25-13-5-12-24(14-15-25)21(26)16-18-6-3-2-4-7-18/h2-4,6-11,17H,5,12-16H2,1H3. The van der Waals surface area contributed by atoms with Gasteiger partial charge in [0.25, 0.3) is 5.91 Å². The minimum atomic E-state index is -0.590. The molecule has 2 amide bonds. The Morgan fingerprint density at radius 2 is 1.61 bits per heavy atom. The number of rotatable bonds is 5. The number of halogens is 1. The second-order valence-electron chi connectivity index (χ2n) is 6.94. The third kappa shape index (κ3) is 5.49. The van der Waals surface area contributed by atoms with Gasteiger partial charge in [-0.15, -0.1) is 0 Å². The van der Waals surface area contributed by atoms with E-state index in [1.165, 1.54) is 0 Å². The predicted molar refractivity (Wildman–Crippen MR) is 109 cm³/mol. The van der Waals surface area contributed by atoms with Crippen LogP contribution >= 0.6 is 11.6 Å². The van der Waals surface area contributed by atoms with Gasteiger partial charge >= 0.3 is 0 Å². The van der Waals surface area contributed by atoms with Crippen LogP contribution in [0.25, 0.3) is 0 Å². The van der Waals surface area contributed by atoms with Crippen molar-refractivity contribution in [2.24, 2.45) is 0 Å². The van der Waals surface area contributed by atoms with Crippen LogP contribution in [0.15, 0.2) is 54.6 Å². The third-order valence-electron chi connectivity index (χ3n) is 4.83. The van der Waals surface area contributed by atoms with E-state index in [0.717, 1.165) is 12.0 Å². The van der Waals surface area contributed by atoms with Crippen LogP contribution in [-0.4, -0.2) is 53.9 Å². The molecule has 28 heavy (non-hydrogen) atoms. The summed E-state index contributed by atoms with van der Waals surface area (Å²) < 4.78 is 5.75. The van der Waals surface area contributed by atoms with Gasteiger partial charge in [-0.25, -0.2) is 0 Å². The maximum Gasteiger partial charge on any atom is 0.263 e. The van der Waals surface area contributed by atoms with Crippen LogP contribution in [0.1, 0.15) is 18.9 Å². The second kappa shape index (κ2) is 9.60. The lowest BCUT2D eigenvalue weighted by Crippen LogP contribution is -2.43. The molecule has 0 radical (unpaired) electrons. The monoisotopic (exact) mass is 400 g/mol. The van der Waals surface area contributed by atoms with Gasteiger partial charge in [-0.1, -0.05) is 41.9 Å². The van der Waals surface area contributed by atoms with E-state index in [4.69, 9.17) is 16.3 Å². The predicted octanol–water partition coefficient (Wildman–Crippen LogP) is 3.41. The highest BCUT2D eigenvalue weighted by Crippen LogP contribution is 2.18. The highest BCUT2D eigenvalue weighted by Gasteiger charge is 2.26. The quantitative estimate of drug-likeness (QED) is 0.772. The van der Waals surface area contributed by atoms with Gasteiger partial charge in [-0.05, 0) is 43.2 Å². The van der Waals surface area contributed by atoms with E-state index >= 15 is 0 Å². The van der Waals surface area contributed by atoms with Gasteiger partial charge in [-0.3, -0.25) is 9.59 Å². The van der Waals surface area contributed by atoms with Crippen LogP contribution < -0.4 is 4.74 Å². The van der Waals surface area contributed by atoms with E-state index in [1.807, 2.05) is 35.2 Å². The third-order valence-corrected chi connectivity index (χ3v) is 5.08. The average molecular weight is 401 g/mol. The molecule has 1 unspecified atom stereocenters. The first kappa shape index (κ1) is 20.2. The smallest absolute Gasteiger partial charge is 0.263 e. The summed E-state index contributed by atoms with van der Waals surface area (Å²) >= 11 is 5.88. The zero-order valence-electron chi connectivity index (χ0n) is 16.0. The Morgan fingerprint density at radius 3 is 2.32 bits per heavy atom. The number of benzene rings is 2. The summed E-state index contributed by atoms with van der Waals surface area (Å²) in [7, 11) is 0. The molecule has 1 aliphatic heterocycles. The molecule has 0 spiro atoms. The van der Waals surface area contributed by atoms with Gasteiger partial charge in [0, 0.05) is 31.2 Å². The maximum absolute atomic E-state index is 12.8. The molecular formula is C22H25ClN2O3. The molecule has 0 aromatic heterocycles. The summed E-state index contributed by atoms with van der Waals surface area (Å²) in [5.74, 6) is 0.651. The highest BCUT2D eigenvalue weighted by atomic mass is 35.5. The van der Waals surface area contributed by atoms with Crippen molar-refractivity contribution in [1.29, 1.82) is 0 Å². The van der Waals surface area contributed by atoms with E-state index in [1.54, 1.807) is 36.1 Å². The van der Waals surface area contributed by atoms with Gasteiger partial charge < -0.3 is 14.5 Å². The van der Waals surface area contributed by atoms with Gasteiger partial charge in [0.1, 0.15) is 5.75 Å². The Morgan fingerprint density at radius 1 is 0.964 bits per heavy atom. The van der Waals surface area contributed by atoms with Crippen LogP contribution in [0.5, 0.6) is 5.75 Å². The number of ether oxygens (including phenoxy) is 1. The number of amides is 2. The first-order valence-corrected chi connectivity index (χ1v) is 9.93. The van der Waals surface area contributed by atoms with E-state index in [9.17, 15) is 9.59 Å². The van der Waals surface area contributed by atoms with Gasteiger partial charge in [0.05, 0.1) is 6.42 Å². The molecule has 5 nitrogen and oxygen atoms in total. The molecule has 0 bridgehead atoms. The molecule has 0 N–H and O–H groups in total. The Kier molecular flexibility index (Phi) is 6.93. The van der Waals surface area contributed by atoms with Crippen LogP contribution in [0, 0.1) is 0 Å². The lowest BCUT2D eigenvalue weighted by atomic mass is 10.1. The SMILES string of the molecule is CC(Oc1ccc(Cl)cc1)C(=O)N1CCCN(C(=O)Cc2ccccc2)CC1. The Hall–Kier alpha value is -2.53. The fourth-order valence-corrected chi connectivity index (χ4v) is 3.42. The van der Waals surface area contributed by atoms with Crippen LogP contribution in [0.3, 0.4) is 0 Å². The van der Waals surface area contributed by atoms with Gasteiger partial charge in [0.15, 0.2) is 6.10 Å². The van der Waals surface area contributed by atoms with Crippen molar-refractivity contribution in [3.63, 3.8) is 0 Å². The van der Waals surface area contributed by atoms with Crippen LogP contribution in [0.4, 0.5) is 0 Å². The molecule has 2 aromatic carbocycles. The Balaban J connectivity index is 1.52. The molecule has 6 heteroatoms. The minimum Gasteiger partial charge on any atom is -0.481 e. The summed E-state index contributed by atoms with van der Waals surface area (Å²) in [5, 5.41) is 0.624. The van der Waals surface area contributed by atoms with Crippen molar-refractivity contribution in [3.05, 3.63) is 65.2 Å². The van der Waals surface area contributed by atoms with Crippen molar-refractivity contribution < 1.29 is 14.3 Å². The van der Waals surface area contributed by atoms with E-state index < -0.39 is 6.10 Å². The Bertz CT molecular complexity index is 795. The largest absolute Gasteiger partial charge is 0.481 e. The van der Waals surface area contributed by atoms with Crippen LogP contribution in [-0.2, 0) is 16.0 Å². The fraction of sp³-hybridized carbons (Fsp3) is 0.364. The number of hydrogen-bond acceptors (Lipinski definition) is 3. The summed E-state index contributed by atoms with van der Waals surface area (Å²) in [4.78, 5) is 29.0. The number of hydrogen-bond donors (Lipinski definition) is 0. The first-order chi connectivity index (χ1) is 13.5. The molecule has 1 aliphatic rings. The number of carbonyl (C=O) groups excluding carboxylic acids is 2. The molecule has 0 aliphatic carbocycles. The summed E-state index contributed by atoms with van der Waals surface area (Å²) in [5.41, 5.74) is 1.01. The van der Waals surface area contributed by atoms with Crippen molar-refractivity contribution in [2.45, 2.75) is 25.9 Å². The lowest BCUT2D eigenvalue weighted by Gasteiger charge is -2.25. The molecule has 1 atom stereocenters. The Labute approximate surface area is 170 Å². The van der Waals surface area contributed by atoms with Crippen molar-refractivity contribution in [2.75, 3.05) is 26.2 Å². The van der Waals surface area contributed by atoms with Gasteiger partial charge in [0.2, 0.25) is 5.91 Å². The molecule has 2 aromatic rings.